The lowest BCUT2D eigenvalue weighted by molar-refractivity contribution is -0.125. The van der Waals surface area contributed by atoms with E-state index in [1.165, 1.54) is 0 Å². The van der Waals surface area contributed by atoms with E-state index in [9.17, 15) is 4.79 Å². The zero-order valence-corrected chi connectivity index (χ0v) is 16.6. The predicted molar refractivity (Wildman–Crippen MR) is 103 cm³/mol. The first-order valence-electron chi connectivity index (χ1n) is 10.3. The lowest BCUT2D eigenvalue weighted by atomic mass is 9.92. The molecule has 0 aliphatic heterocycles. The Labute approximate surface area is 156 Å². The Balaban J connectivity index is 1.32. The Bertz CT molecular complexity index is 674. The molecule has 142 valence electrons. The highest BCUT2D eigenvalue weighted by atomic mass is 16.1. The van der Waals surface area contributed by atoms with E-state index in [0.29, 0.717) is 12.0 Å². The molecule has 1 unspecified atom stereocenters. The van der Waals surface area contributed by atoms with Crippen molar-refractivity contribution < 1.29 is 4.79 Å². The molecule has 0 saturated heterocycles. The monoisotopic (exact) mass is 356 g/mol. The average molecular weight is 357 g/mol. The summed E-state index contributed by atoms with van der Waals surface area (Å²) in [6.45, 7) is 9.60. The first-order chi connectivity index (χ1) is 12.4. The van der Waals surface area contributed by atoms with Crippen LogP contribution >= 0.6 is 0 Å². The molecule has 1 aromatic heterocycles. The van der Waals surface area contributed by atoms with Crippen molar-refractivity contribution in [1.29, 1.82) is 0 Å². The van der Waals surface area contributed by atoms with Crippen molar-refractivity contribution in [2.24, 2.45) is 23.2 Å². The number of aryl methyl sites for hydroxylation is 2. The summed E-state index contributed by atoms with van der Waals surface area (Å²) < 4.78 is 0. The molecule has 1 heterocycles. The second kappa shape index (κ2) is 6.21. The van der Waals surface area contributed by atoms with Gasteiger partial charge >= 0.3 is 0 Å². The van der Waals surface area contributed by atoms with Gasteiger partial charge in [0.2, 0.25) is 11.9 Å². The Kier molecular flexibility index (Phi) is 4.24. The van der Waals surface area contributed by atoms with Gasteiger partial charge in [-0.15, -0.1) is 0 Å². The number of rotatable bonds is 7. The fraction of sp³-hybridized carbons (Fsp3) is 0.762. The zero-order chi connectivity index (χ0) is 18.5. The van der Waals surface area contributed by atoms with Crippen LogP contribution in [-0.4, -0.2) is 28.0 Å². The number of carbonyl (C=O) groups is 1. The fourth-order valence-electron chi connectivity index (χ4n) is 4.82. The van der Waals surface area contributed by atoms with Gasteiger partial charge < -0.3 is 10.6 Å². The molecule has 1 amide bonds. The van der Waals surface area contributed by atoms with Gasteiger partial charge in [0.25, 0.3) is 0 Å². The maximum atomic E-state index is 12.6. The second-order valence-corrected chi connectivity index (χ2v) is 9.21. The molecule has 1 aromatic rings. The minimum atomic E-state index is -0.0478. The van der Waals surface area contributed by atoms with E-state index in [2.05, 4.69) is 54.4 Å². The van der Waals surface area contributed by atoms with Gasteiger partial charge in [0, 0.05) is 23.9 Å². The molecule has 26 heavy (non-hydrogen) atoms. The van der Waals surface area contributed by atoms with Crippen LogP contribution in [0.25, 0.3) is 0 Å². The molecule has 0 bridgehead atoms. The number of fused-ring (bicyclic) bond motifs is 1. The third-order valence-electron chi connectivity index (χ3n) is 7.12. The molecule has 3 aliphatic rings. The number of anilines is 1. The molecule has 5 nitrogen and oxygen atoms in total. The smallest absolute Gasteiger partial charge is 0.223 e. The molecule has 3 atom stereocenters. The lowest BCUT2D eigenvalue weighted by Gasteiger charge is -2.21. The van der Waals surface area contributed by atoms with Gasteiger partial charge in [0.15, 0.2) is 0 Å². The number of nitrogens with one attached hydrogen (secondary N) is 2. The van der Waals surface area contributed by atoms with Crippen LogP contribution in [0, 0.1) is 23.2 Å². The maximum absolute atomic E-state index is 12.6. The molecule has 0 aromatic carbocycles. The summed E-state index contributed by atoms with van der Waals surface area (Å²) in [5.74, 6) is 2.73. The average Bonchev–Trinajstić information content (AvgIpc) is 3.40. The molecule has 3 aliphatic carbocycles. The van der Waals surface area contributed by atoms with E-state index in [0.717, 1.165) is 67.7 Å². The van der Waals surface area contributed by atoms with Crippen molar-refractivity contribution in [1.82, 2.24) is 15.3 Å². The van der Waals surface area contributed by atoms with Crippen LogP contribution in [0.1, 0.15) is 64.8 Å². The Morgan fingerprint density at radius 3 is 2.19 bits per heavy atom. The minimum absolute atomic E-state index is 0.0478. The lowest BCUT2D eigenvalue weighted by Crippen LogP contribution is -2.41. The van der Waals surface area contributed by atoms with Crippen LogP contribution in [0.15, 0.2) is 6.07 Å². The first kappa shape index (κ1) is 17.7. The highest BCUT2D eigenvalue weighted by molar-refractivity contribution is 5.79. The van der Waals surface area contributed by atoms with E-state index in [4.69, 9.17) is 0 Å². The van der Waals surface area contributed by atoms with E-state index in [-0.39, 0.29) is 17.4 Å². The van der Waals surface area contributed by atoms with Crippen LogP contribution < -0.4 is 10.6 Å². The molecule has 2 N–H and O–H groups in total. The van der Waals surface area contributed by atoms with Crippen molar-refractivity contribution in [3.8, 4) is 0 Å². The zero-order valence-electron chi connectivity index (χ0n) is 16.6. The van der Waals surface area contributed by atoms with E-state index >= 15 is 0 Å². The molecule has 0 spiro atoms. The van der Waals surface area contributed by atoms with Crippen LogP contribution in [0.3, 0.4) is 0 Å². The molecule has 5 heteroatoms. The SMILES string of the molecule is CCc1cc(CC)nc(NC2(CNC(=O)C3C[C@@H]4[C@H](C3)C4(C)C)CC2)n1. The molecule has 3 saturated carbocycles. The maximum Gasteiger partial charge on any atom is 0.223 e. The largest absolute Gasteiger partial charge is 0.354 e. The molecular weight excluding hydrogens is 324 g/mol. The summed E-state index contributed by atoms with van der Waals surface area (Å²) >= 11 is 0. The van der Waals surface area contributed by atoms with Gasteiger partial charge in [-0.3, -0.25) is 4.79 Å². The van der Waals surface area contributed by atoms with Crippen LogP contribution in [0.5, 0.6) is 0 Å². The van der Waals surface area contributed by atoms with Gasteiger partial charge in [0.1, 0.15) is 0 Å². The van der Waals surface area contributed by atoms with Gasteiger partial charge in [-0.25, -0.2) is 9.97 Å². The molecule has 0 radical (unpaired) electrons. The van der Waals surface area contributed by atoms with Crippen molar-refractivity contribution in [3.05, 3.63) is 17.5 Å². The summed E-state index contributed by atoms with van der Waals surface area (Å²) in [5.41, 5.74) is 2.58. The number of hydrogen-bond acceptors (Lipinski definition) is 4. The summed E-state index contributed by atoms with van der Waals surface area (Å²) in [4.78, 5) is 21.8. The van der Waals surface area contributed by atoms with Gasteiger partial charge in [-0.1, -0.05) is 27.7 Å². The number of amides is 1. The van der Waals surface area contributed by atoms with E-state index in [1.54, 1.807) is 0 Å². The third kappa shape index (κ3) is 3.21. The summed E-state index contributed by atoms with van der Waals surface area (Å²) in [6, 6.07) is 2.08. The van der Waals surface area contributed by atoms with Gasteiger partial charge in [-0.2, -0.15) is 0 Å². The Morgan fingerprint density at radius 1 is 1.12 bits per heavy atom. The Hall–Kier alpha value is -1.65. The van der Waals surface area contributed by atoms with Crippen LogP contribution in [-0.2, 0) is 17.6 Å². The van der Waals surface area contributed by atoms with Crippen molar-refractivity contribution in [2.45, 2.75) is 71.8 Å². The standard InChI is InChI=1S/C21H32N4O/c1-5-14-11-15(6-2)24-19(23-14)25-21(7-8-21)12-22-18(26)13-9-16-17(10-13)20(16,3)4/h11,13,16-17H,5-10,12H2,1-4H3,(H,22,26)(H,23,24,25)/t13?,16-,17+. The van der Waals surface area contributed by atoms with Crippen LogP contribution in [0.2, 0.25) is 0 Å². The number of nitrogens with zero attached hydrogens (tertiary/aromatic N) is 2. The second-order valence-electron chi connectivity index (χ2n) is 9.21. The quantitative estimate of drug-likeness (QED) is 0.786. The van der Waals surface area contributed by atoms with Crippen molar-refractivity contribution in [3.63, 3.8) is 0 Å². The Morgan fingerprint density at radius 2 is 1.69 bits per heavy atom. The van der Waals surface area contributed by atoms with Crippen molar-refractivity contribution >= 4 is 11.9 Å². The molecule has 3 fully saturated rings. The summed E-state index contributed by atoms with van der Waals surface area (Å²) in [6.07, 6.45) is 6.11. The summed E-state index contributed by atoms with van der Waals surface area (Å²) in [7, 11) is 0. The summed E-state index contributed by atoms with van der Waals surface area (Å²) in [5, 5.41) is 6.73. The number of aromatic nitrogens is 2. The highest BCUT2D eigenvalue weighted by Gasteiger charge is 2.63. The number of hydrogen-bond donors (Lipinski definition) is 2. The highest BCUT2D eigenvalue weighted by Crippen LogP contribution is 2.68. The molecule has 4 rings (SSSR count). The molecular formula is C21H32N4O. The first-order valence-corrected chi connectivity index (χ1v) is 10.3. The van der Waals surface area contributed by atoms with Gasteiger partial charge in [-0.05, 0) is 61.8 Å². The van der Waals surface area contributed by atoms with E-state index in [1.807, 2.05) is 0 Å². The topological polar surface area (TPSA) is 66.9 Å². The normalized spacial score (nSPS) is 29.8. The minimum Gasteiger partial charge on any atom is -0.354 e. The third-order valence-corrected chi connectivity index (χ3v) is 7.12. The van der Waals surface area contributed by atoms with E-state index < -0.39 is 0 Å². The number of carbonyl (C=O) groups excluding carboxylic acids is 1. The van der Waals surface area contributed by atoms with Gasteiger partial charge in [0.05, 0.1) is 5.54 Å². The van der Waals surface area contributed by atoms with Crippen molar-refractivity contribution in [2.75, 3.05) is 11.9 Å². The predicted octanol–water partition coefficient (Wildman–Crippen LogP) is 3.34. The fourth-order valence-corrected chi connectivity index (χ4v) is 4.82. The van der Waals surface area contributed by atoms with Crippen LogP contribution in [0.4, 0.5) is 5.95 Å².